The van der Waals surface area contributed by atoms with Crippen LogP contribution in [0.25, 0.3) is 11.1 Å². The molecule has 2 aromatic carbocycles. The van der Waals surface area contributed by atoms with Crippen molar-refractivity contribution in [2.75, 3.05) is 0 Å². The first-order valence-electron chi connectivity index (χ1n) is 5.75. The minimum absolute atomic E-state index is 0.206. The Morgan fingerprint density at radius 2 is 1.83 bits per heavy atom. The van der Waals surface area contributed by atoms with Gasteiger partial charge in [0.25, 0.3) is 0 Å². The summed E-state index contributed by atoms with van der Waals surface area (Å²) in [7, 11) is 0. The first kappa shape index (κ1) is 15.4. The van der Waals surface area contributed by atoms with Crippen molar-refractivity contribution in [1.29, 1.82) is 0 Å². The number of hydrogen-bond donors (Lipinski definition) is 0. The molecule has 0 bridgehead atoms. The molecule has 0 aliphatic carbocycles. The summed E-state index contributed by atoms with van der Waals surface area (Å²) in [6.07, 6.45) is 0.206. The molecule has 0 saturated heterocycles. The van der Waals surface area contributed by atoms with E-state index in [1.54, 1.807) is 0 Å². The summed E-state index contributed by atoms with van der Waals surface area (Å²) < 4.78 is 5.67. The average molecular weight is 357 g/mol. The predicted molar refractivity (Wildman–Crippen MR) is 75.4 cm³/mol. The summed E-state index contributed by atoms with van der Waals surface area (Å²) in [4.78, 5) is 0. The second-order valence-corrected chi connectivity index (χ2v) is 3.99. The zero-order chi connectivity index (χ0) is 13.4. The molecule has 0 fully saturated rings. The molecule has 0 aromatic heterocycles. The monoisotopic (exact) mass is 354 g/mol. The van der Waals surface area contributed by atoms with Gasteiger partial charge in [0.05, 0.1) is 6.10 Å². The second kappa shape index (κ2) is 8.45. The Bertz CT molecular complexity index is 457. The van der Waals surface area contributed by atoms with Crippen LogP contribution in [0, 0.1) is 6.07 Å². The third-order valence-corrected chi connectivity index (χ3v) is 2.25. The van der Waals surface area contributed by atoms with Crippen molar-refractivity contribution < 1.29 is 21.1 Å². The van der Waals surface area contributed by atoms with Gasteiger partial charge >= 0.3 is 30.0 Å². The van der Waals surface area contributed by atoms with Crippen LogP contribution in [0.2, 0.25) is 0 Å². The molecule has 90 valence electrons. The zero-order valence-corrected chi connectivity index (χ0v) is 15.2. The maximum absolute atomic E-state index is 5.67. The Balaban J connectivity index is 0.000000771. The van der Waals surface area contributed by atoms with Crippen LogP contribution in [-0.2, 0) is 16.3 Å². The molecule has 2 rings (SSSR count). The summed E-state index contributed by atoms with van der Waals surface area (Å²) >= 11 is 4.25. The normalized spacial score (nSPS) is 9.67. The molecule has 0 radical (unpaired) electrons. The van der Waals surface area contributed by atoms with Gasteiger partial charge in [0.15, 0.2) is 0 Å². The molecule has 0 amide bonds. The van der Waals surface area contributed by atoms with Crippen LogP contribution in [0.4, 0.5) is 0 Å². The topological polar surface area (TPSA) is 9.23 Å². The van der Waals surface area contributed by atoms with Crippen molar-refractivity contribution >= 4 is 13.6 Å². The van der Waals surface area contributed by atoms with E-state index in [1.807, 2.05) is 44.2 Å². The van der Waals surface area contributed by atoms with E-state index >= 15 is 0 Å². The Kier molecular flexibility index (Phi) is 7.23. The van der Waals surface area contributed by atoms with Crippen molar-refractivity contribution in [2.24, 2.45) is 0 Å². The molecule has 0 unspecified atom stereocenters. The molecular weight excluding hydrogens is 341 g/mol. The van der Waals surface area contributed by atoms with Crippen molar-refractivity contribution in [1.82, 2.24) is 0 Å². The van der Waals surface area contributed by atoms with Gasteiger partial charge in [-0.25, -0.2) is 0 Å². The number of halogens is 1. The van der Waals surface area contributed by atoms with Gasteiger partial charge in [0.2, 0.25) is 0 Å². The van der Waals surface area contributed by atoms with E-state index in [9.17, 15) is 0 Å². The molecule has 3 heteroatoms. The zero-order valence-electron chi connectivity index (χ0n) is 10.7. The van der Waals surface area contributed by atoms with Crippen LogP contribution >= 0.6 is 13.6 Å². The molecular formula is C15H15BrOZn. The van der Waals surface area contributed by atoms with E-state index < -0.39 is 0 Å². The summed E-state index contributed by atoms with van der Waals surface area (Å²) in [6, 6.07) is 19.2. The van der Waals surface area contributed by atoms with Gasteiger partial charge in [-0.05, 0) is 26.0 Å². The number of hydrogen-bond acceptors (Lipinski definition) is 1. The molecule has 1 nitrogen and oxygen atoms in total. The van der Waals surface area contributed by atoms with Crippen molar-refractivity contribution in [2.45, 2.75) is 20.0 Å². The van der Waals surface area contributed by atoms with Gasteiger partial charge in [-0.15, -0.1) is 5.56 Å². The van der Waals surface area contributed by atoms with E-state index in [-0.39, 0.29) is 6.10 Å². The molecule has 18 heavy (non-hydrogen) atoms. The van der Waals surface area contributed by atoms with Gasteiger partial charge in [-0.2, -0.15) is 30.3 Å². The molecule has 0 N–H and O–H groups in total. The molecule has 0 aliphatic heterocycles. The van der Waals surface area contributed by atoms with Gasteiger partial charge in [0, 0.05) is 0 Å². The summed E-state index contributed by atoms with van der Waals surface area (Å²) in [5, 5.41) is 0. The second-order valence-electron chi connectivity index (χ2n) is 3.99. The molecule has 0 saturated carbocycles. The van der Waals surface area contributed by atoms with E-state index in [2.05, 4.69) is 37.9 Å². The molecule has 0 heterocycles. The molecule has 0 spiro atoms. The van der Waals surface area contributed by atoms with Crippen molar-refractivity contribution in [3.63, 3.8) is 0 Å². The third-order valence-electron chi connectivity index (χ3n) is 2.25. The first-order chi connectivity index (χ1) is 8.75. The Hall–Kier alpha value is -0.657. The summed E-state index contributed by atoms with van der Waals surface area (Å²) in [6.45, 7) is 4.06. The fraction of sp³-hybridized carbons (Fsp3) is 0.200. The van der Waals surface area contributed by atoms with Gasteiger partial charge < -0.3 is 4.74 Å². The number of rotatable bonds is 3. The van der Waals surface area contributed by atoms with Crippen LogP contribution in [0.1, 0.15) is 13.8 Å². The Labute approximate surface area is 126 Å². The molecule has 0 aliphatic rings. The standard InChI is InChI=1S/C15H15O.BrH.Zn/c1-12(2)16-15-10-6-9-14(11-15)13-7-4-3-5-8-13;;/h3-4,6-12H,1-2H3;1H;/q-1;;+2/p-1. The summed E-state index contributed by atoms with van der Waals surface area (Å²) in [5.41, 5.74) is 2.33. The van der Waals surface area contributed by atoms with Crippen molar-refractivity contribution in [3.05, 3.63) is 54.6 Å². The van der Waals surface area contributed by atoms with E-state index in [4.69, 9.17) is 4.74 Å². The quantitative estimate of drug-likeness (QED) is 0.568. The van der Waals surface area contributed by atoms with Crippen LogP contribution in [0.5, 0.6) is 5.75 Å². The van der Waals surface area contributed by atoms with E-state index in [0.29, 0.717) is 0 Å². The first-order valence-corrected chi connectivity index (χ1v) is 12.7. The van der Waals surface area contributed by atoms with Gasteiger partial charge in [-0.3, -0.25) is 0 Å². The summed E-state index contributed by atoms with van der Waals surface area (Å²) in [5.74, 6) is 0.913. The van der Waals surface area contributed by atoms with E-state index in [0.717, 1.165) is 16.9 Å². The van der Waals surface area contributed by atoms with Crippen LogP contribution in [0.3, 0.4) is 0 Å². The van der Waals surface area contributed by atoms with Gasteiger partial charge in [0.1, 0.15) is 5.75 Å². The van der Waals surface area contributed by atoms with E-state index in [1.165, 1.54) is 16.3 Å². The number of benzene rings is 2. The fourth-order valence-electron chi connectivity index (χ4n) is 1.59. The predicted octanol–water partition coefficient (Wildman–Crippen LogP) is 4.78. The SMILES string of the molecule is CC(C)Oc1cccc(-c2c[c-]ccc2)c1.[Zn+][Br]. The Morgan fingerprint density at radius 3 is 2.44 bits per heavy atom. The van der Waals surface area contributed by atoms with Crippen LogP contribution < -0.4 is 4.74 Å². The van der Waals surface area contributed by atoms with Crippen molar-refractivity contribution in [3.8, 4) is 16.9 Å². The molecule has 0 atom stereocenters. The van der Waals surface area contributed by atoms with Crippen LogP contribution in [0.15, 0.2) is 48.5 Å². The molecule has 2 aromatic rings. The minimum atomic E-state index is 0.206. The number of ether oxygens (including phenoxy) is 1. The third kappa shape index (κ3) is 4.91. The maximum atomic E-state index is 5.67. The average Bonchev–Trinajstić information content (AvgIpc) is 2.42. The Morgan fingerprint density at radius 1 is 1.11 bits per heavy atom. The van der Waals surface area contributed by atoms with Crippen LogP contribution in [-0.4, -0.2) is 6.10 Å². The van der Waals surface area contributed by atoms with Gasteiger partial charge in [-0.1, -0.05) is 17.7 Å². The fourth-order valence-corrected chi connectivity index (χ4v) is 1.59.